The smallest absolute Gasteiger partial charge is 0.358 e. The van der Waals surface area contributed by atoms with Crippen LogP contribution in [0.25, 0.3) is 0 Å². The van der Waals surface area contributed by atoms with Crippen molar-refractivity contribution in [1.82, 2.24) is 9.97 Å². The van der Waals surface area contributed by atoms with E-state index in [2.05, 4.69) is 32.6 Å². The Morgan fingerprint density at radius 3 is 2.94 bits per heavy atom. The van der Waals surface area contributed by atoms with Gasteiger partial charge in [0, 0.05) is 13.1 Å². The fourth-order valence-electron chi connectivity index (χ4n) is 1.69. The maximum Gasteiger partial charge on any atom is 0.358 e. The zero-order valence-electron chi connectivity index (χ0n) is 10.0. The molecule has 0 amide bonds. The van der Waals surface area contributed by atoms with Crippen molar-refractivity contribution >= 4 is 11.8 Å². The molecule has 2 heterocycles. The van der Waals surface area contributed by atoms with Gasteiger partial charge in [-0.3, -0.25) is 4.98 Å². The number of ether oxygens (including phenoxy) is 1. The molecule has 0 atom stereocenters. The summed E-state index contributed by atoms with van der Waals surface area (Å²) in [4.78, 5) is 21.7. The molecule has 5 nitrogen and oxygen atoms in total. The fourth-order valence-corrected chi connectivity index (χ4v) is 1.69. The van der Waals surface area contributed by atoms with Crippen LogP contribution in [0.5, 0.6) is 0 Å². The normalized spacial score (nSPS) is 15.4. The Balaban J connectivity index is 2.19. The maximum atomic E-state index is 11.3. The van der Waals surface area contributed by atoms with Crippen molar-refractivity contribution in [3.8, 4) is 0 Å². The fraction of sp³-hybridized carbons (Fsp3) is 0.417. The quantitative estimate of drug-likeness (QED) is 0.571. The number of aromatic nitrogens is 2. The SMILES string of the molecule is COC(=O)c1cncc(N2CC=C(C)CC2)n1. The third-order valence-electron chi connectivity index (χ3n) is 2.78. The molecule has 0 unspecified atom stereocenters. The predicted molar refractivity (Wildman–Crippen MR) is 64.0 cm³/mol. The van der Waals surface area contributed by atoms with E-state index in [0.717, 1.165) is 25.3 Å². The van der Waals surface area contributed by atoms with Gasteiger partial charge in [0.25, 0.3) is 0 Å². The summed E-state index contributed by atoms with van der Waals surface area (Å²) in [6, 6.07) is 0. The van der Waals surface area contributed by atoms with E-state index in [9.17, 15) is 4.79 Å². The summed E-state index contributed by atoms with van der Waals surface area (Å²) >= 11 is 0. The molecular weight excluding hydrogens is 218 g/mol. The molecule has 0 saturated heterocycles. The number of anilines is 1. The van der Waals surface area contributed by atoms with Crippen LogP contribution < -0.4 is 4.90 Å². The van der Waals surface area contributed by atoms with Gasteiger partial charge in [-0.1, -0.05) is 11.6 Å². The summed E-state index contributed by atoms with van der Waals surface area (Å²) in [5.41, 5.74) is 1.63. The van der Waals surface area contributed by atoms with Gasteiger partial charge in [-0.25, -0.2) is 9.78 Å². The number of methoxy groups -OCH3 is 1. The number of esters is 1. The van der Waals surface area contributed by atoms with Crippen LogP contribution in [0.1, 0.15) is 23.8 Å². The highest BCUT2D eigenvalue weighted by Gasteiger charge is 2.14. The molecule has 1 aliphatic rings. The van der Waals surface area contributed by atoms with Gasteiger partial charge in [0.1, 0.15) is 5.82 Å². The lowest BCUT2D eigenvalue weighted by atomic mass is 10.1. The number of rotatable bonds is 2. The number of carbonyl (C=O) groups is 1. The highest BCUT2D eigenvalue weighted by Crippen LogP contribution is 2.16. The molecule has 0 N–H and O–H groups in total. The van der Waals surface area contributed by atoms with Crippen LogP contribution in [-0.2, 0) is 4.74 Å². The van der Waals surface area contributed by atoms with Crippen molar-refractivity contribution in [2.24, 2.45) is 0 Å². The van der Waals surface area contributed by atoms with Gasteiger partial charge in [-0.05, 0) is 13.3 Å². The number of nitrogens with zero attached hydrogens (tertiary/aromatic N) is 3. The van der Waals surface area contributed by atoms with Gasteiger partial charge in [-0.15, -0.1) is 0 Å². The molecule has 0 radical (unpaired) electrons. The highest BCUT2D eigenvalue weighted by molar-refractivity contribution is 5.87. The highest BCUT2D eigenvalue weighted by atomic mass is 16.5. The predicted octanol–water partition coefficient (Wildman–Crippen LogP) is 1.42. The van der Waals surface area contributed by atoms with E-state index in [1.807, 2.05) is 0 Å². The number of hydrogen-bond acceptors (Lipinski definition) is 5. The van der Waals surface area contributed by atoms with Gasteiger partial charge < -0.3 is 9.64 Å². The van der Waals surface area contributed by atoms with Crippen LogP contribution in [0.3, 0.4) is 0 Å². The van der Waals surface area contributed by atoms with E-state index in [4.69, 9.17) is 0 Å². The first kappa shape index (κ1) is 11.6. The summed E-state index contributed by atoms with van der Waals surface area (Å²) in [6.07, 6.45) is 6.27. The van der Waals surface area contributed by atoms with Gasteiger partial charge in [0.15, 0.2) is 5.69 Å². The lowest BCUT2D eigenvalue weighted by Gasteiger charge is -2.26. The van der Waals surface area contributed by atoms with Crippen molar-refractivity contribution in [3.05, 3.63) is 29.7 Å². The second kappa shape index (κ2) is 4.95. The van der Waals surface area contributed by atoms with Crippen LogP contribution in [0.4, 0.5) is 5.82 Å². The van der Waals surface area contributed by atoms with Crippen molar-refractivity contribution in [2.45, 2.75) is 13.3 Å². The molecule has 0 saturated carbocycles. The van der Waals surface area contributed by atoms with E-state index < -0.39 is 5.97 Å². The monoisotopic (exact) mass is 233 g/mol. The molecule has 1 aromatic rings. The Labute approximate surface area is 100 Å². The Hall–Kier alpha value is -1.91. The first-order chi connectivity index (χ1) is 8.20. The first-order valence-corrected chi connectivity index (χ1v) is 5.51. The number of hydrogen-bond donors (Lipinski definition) is 0. The van der Waals surface area contributed by atoms with Gasteiger partial charge in [0.2, 0.25) is 0 Å². The van der Waals surface area contributed by atoms with E-state index in [0.29, 0.717) is 0 Å². The molecule has 1 aromatic heterocycles. The molecule has 5 heteroatoms. The lowest BCUT2D eigenvalue weighted by molar-refractivity contribution is 0.0593. The summed E-state index contributed by atoms with van der Waals surface area (Å²) in [5.74, 6) is 0.264. The molecule has 90 valence electrons. The van der Waals surface area contributed by atoms with Crippen molar-refractivity contribution in [1.29, 1.82) is 0 Å². The molecule has 0 fully saturated rings. The summed E-state index contributed by atoms with van der Waals surface area (Å²) < 4.78 is 4.62. The lowest BCUT2D eigenvalue weighted by Crippen LogP contribution is -2.29. The molecular formula is C12H15N3O2. The van der Waals surface area contributed by atoms with Gasteiger partial charge >= 0.3 is 5.97 Å². The van der Waals surface area contributed by atoms with E-state index in [1.165, 1.54) is 18.9 Å². The summed E-state index contributed by atoms with van der Waals surface area (Å²) in [7, 11) is 1.34. The molecule has 0 aliphatic carbocycles. The minimum atomic E-state index is -0.455. The van der Waals surface area contributed by atoms with E-state index >= 15 is 0 Å². The van der Waals surface area contributed by atoms with Crippen LogP contribution in [0.15, 0.2) is 24.0 Å². The first-order valence-electron chi connectivity index (χ1n) is 5.51. The molecule has 0 aromatic carbocycles. The number of carbonyl (C=O) groups excluding carboxylic acids is 1. The Kier molecular flexibility index (Phi) is 3.37. The second-order valence-electron chi connectivity index (χ2n) is 4.00. The molecule has 17 heavy (non-hydrogen) atoms. The van der Waals surface area contributed by atoms with Crippen molar-refractivity contribution in [2.75, 3.05) is 25.1 Å². The van der Waals surface area contributed by atoms with Gasteiger partial charge in [0.05, 0.1) is 19.5 Å². The Bertz CT molecular complexity index is 457. The summed E-state index contributed by atoms with van der Waals surface area (Å²) in [5, 5.41) is 0. The van der Waals surface area contributed by atoms with Crippen LogP contribution in [-0.4, -0.2) is 36.1 Å². The topological polar surface area (TPSA) is 55.3 Å². The third kappa shape index (κ3) is 2.61. The van der Waals surface area contributed by atoms with E-state index in [1.54, 1.807) is 6.20 Å². The maximum absolute atomic E-state index is 11.3. The Morgan fingerprint density at radius 2 is 2.29 bits per heavy atom. The van der Waals surface area contributed by atoms with E-state index in [-0.39, 0.29) is 5.69 Å². The zero-order chi connectivity index (χ0) is 12.3. The van der Waals surface area contributed by atoms with Crippen molar-refractivity contribution < 1.29 is 9.53 Å². The van der Waals surface area contributed by atoms with Crippen LogP contribution >= 0.6 is 0 Å². The second-order valence-corrected chi connectivity index (χ2v) is 4.00. The summed E-state index contributed by atoms with van der Waals surface area (Å²) in [6.45, 7) is 3.83. The largest absolute Gasteiger partial charge is 0.464 e. The zero-order valence-corrected chi connectivity index (χ0v) is 10.0. The van der Waals surface area contributed by atoms with Crippen LogP contribution in [0.2, 0.25) is 0 Å². The minimum Gasteiger partial charge on any atom is -0.464 e. The van der Waals surface area contributed by atoms with Crippen LogP contribution in [0, 0.1) is 0 Å². The minimum absolute atomic E-state index is 0.247. The van der Waals surface area contributed by atoms with Gasteiger partial charge in [-0.2, -0.15) is 0 Å². The Morgan fingerprint density at radius 1 is 1.47 bits per heavy atom. The third-order valence-corrected chi connectivity index (χ3v) is 2.78. The molecule has 0 bridgehead atoms. The average Bonchev–Trinajstić information content (AvgIpc) is 2.39. The molecule has 0 spiro atoms. The van der Waals surface area contributed by atoms with Crippen molar-refractivity contribution in [3.63, 3.8) is 0 Å². The average molecular weight is 233 g/mol. The molecule has 2 rings (SSSR count). The standard InChI is InChI=1S/C12H15N3O2/c1-9-3-5-15(6-4-9)11-8-13-7-10(14-11)12(16)17-2/h3,7-8H,4-6H2,1-2H3. The molecule has 1 aliphatic heterocycles.